The second-order valence-electron chi connectivity index (χ2n) is 4.67. The van der Waals surface area contributed by atoms with Crippen LogP contribution < -0.4 is 15.4 Å². The highest BCUT2D eigenvalue weighted by atomic mass is 19.4. The summed E-state index contributed by atoms with van der Waals surface area (Å²) < 4.78 is 45.0. The molecule has 0 aromatic heterocycles. The Morgan fingerprint density at radius 1 is 1.13 bits per heavy atom. The maximum absolute atomic E-state index is 12.0. The summed E-state index contributed by atoms with van der Waals surface area (Å²) in [5, 5.41) is 5.36. The van der Waals surface area contributed by atoms with Gasteiger partial charge in [-0.05, 0) is 37.5 Å². The molecular formula is C15H21F3N2O3. The first kappa shape index (κ1) is 19.1. The molecule has 8 heteroatoms. The lowest BCUT2D eigenvalue weighted by atomic mass is 10.1. The number of hydrogen-bond donors (Lipinski definition) is 2. The average Bonchev–Trinajstić information content (AvgIpc) is 2.47. The molecule has 1 aromatic rings. The van der Waals surface area contributed by atoms with Crippen LogP contribution in [0, 0.1) is 0 Å². The molecule has 0 fully saturated rings. The van der Waals surface area contributed by atoms with E-state index in [1.54, 1.807) is 0 Å². The number of rotatable bonds is 9. The lowest BCUT2D eigenvalue weighted by molar-refractivity contribution is -0.274. The monoisotopic (exact) mass is 334 g/mol. The van der Waals surface area contributed by atoms with Crippen molar-refractivity contribution >= 4 is 6.03 Å². The lowest BCUT2D eigenvalue weighted by Crippen LogP contribution is -2.37. The Kier molecular flexibility index (Phi) is 8.25. The van der Waals surface area contributed by atoms with E-state index in [9.17, 15) is 18.0 Å². The fraction of sp³-hybridized carbons (Fsp3) is 0.533. The first-order valence-corrected chi connectivity index (χ1v) is 7.35. The normalized spacial score (nSPS) is 11.1. The van der Waals surface area contributed by atoms with Crippen LogP contribution in [-0.4, -0.2) is 38.7 Å². The van der Waals surface area contributed by atoms with Crippen LogP contribution in [0.3, 0.4) is 0 Å². The van der Waals surface area contributed by atoms with Gasteiger partial charge in [0.15, 0.2) is 0 Å². The molecule has 0 spiro atoms. The van der Waals surface area contributed by atoms with E-state index >= 15 is 0 Å². The molecule has 0 aliphatic carbocycles. The van der Waals surface area contributed by atoms with Crippen molar-refractivity contribution in [1.29, 1.82) is 0 Å². The molecule has 0 atom stereocenters. The Morgan fingerprint density at radius 2 is 1.78 bits per heavy atom. The number of nitrogens with one attached hydrogen (secondary N) is 2. The molecule has 0 heterocycles. The van der Waals surface area contributed by atoms with Crippen molar-refractivity contribution in [3.05, 3.63) is 29.8 Å². The molecule has 2 N–H and O–H groups in total. The Hall–Kier alpha value is -1.96. The highest BCUT2D eigenvalue weighted by Gasteiger charge is 2.30. The number of benzene rings is 1. The van der Waals surface area contributed by atoms with Crippen LogP contribution >= 0.6 is 0 Å². The number of urea groups is 1. The topological polar surface area (TPSA) is 59.6 Å². The number of carbonyl (C=O) groups is 1. The van der Waals surface area contributed by atoms with Gasteiger partial charge < -0.3 is 20.1 Å². The molecule has 5 nitrogen and oxygen atoms in total. The molecule has 0 saturated carbocycles. The number of halogens is 3. The third-order valence-corrected chi connectivity index (χ3v) is 2.81. The zero-order valence-electron chi connectivity index (χ0n) is 12.9. The Morgan fingerprint density at radius 3 is 2.39 bits per heavy atom. The zero-order valence-corrected chi connectivity index (χ0v) is 12.9. The van der Waals surface area contributed by atoms with Gasteiger partial charge in [0.25, 0.3) is 0 Å². The highest BCUT2D eigenvalue weighted by molar-refractivity contribution is 5.73. The number of hydrogen-bond acceptors (Lipinski definition) is 3. The molecule has 0 radical (unpaired) electrons. The molecule has 0 aliphatic heterocycles. The standard InChI is InChI=1S/C15H21F3N2O3/c1-2-22-11-3-9-19-14(21)20-10-8-12-4-6-13(7-5-12)23-15(16,17)18/h4-7H,2-3,8-11H2,1H3,(H2,19,20,21). The van der Waals surface area contributed by atoms with E-state index in [1.807, 2.05) is 6.92 Å². The first-order valence-electron chi connectivity index (χ1n) is 7.35. The van der Waals surface area contributed by atoms with E-state index < -0.39 is 6.36 Å². The van der Waals surface area contributed by atoms with Crippen molar-refractivity contribution in [3.63, 3.8) is 0 Å². The predicted molar refractivity (Wildman–Crippen MR) is 79.3 cm³/mol. The van der Waals surface area contributed by atoms with Gasteiger partial charge >= 0.3 is 12.4 Å². The highest BCUT2D eigenvalue weighted by Crippen LogP contribution is 2.22. The van der Waals surface area contributed by atoms with Gasteiger partial charge in [-0.1, -0.05) is 12.1 Å². The van der Waals surface area contributed by atoms with E-state index in [1.165, 1.54) is 24.3 Å². The quantitative estimate of drug-likeness (QED) is 0.683. The van der Waals surface area contributed by atoms with Crippen LogP contribution in [0.25, 0.3) is 0 Å². The smallest absolute Gasteiger partial charge is 0.406 e. The van der Waals surface area contributed by atoms with Gasteiger partial charge in [-0.25, -0.2) is 4.79 Å². The van der Waals surface area contributed by atoms with Gasteiger partial charge in [-0.15, -0.1) is 13.2 Å². The van der Waals surface area contributed by atoms with Crippen LogP contribution in [0.5, 0.6) is 5.75 Å². The van der Waals surface area contributed by atoms with Crippen LogP contribution in [-0.2, 0) is 11.2 Å². The van der Waals surface area contributed by atoms with Crippen molar-refractivity contribution in [3.8, 4) is 5.75 Å². The van der Waals surface area contributed by atoms with E-state index in [-0.39, 0.29) is 11.8 Å². The van der Waals surface area contributed by atoms with Gasteiger partial charge in [0.05, 0.1) is 0 Å². The summed E-state index contributed by atoms with van der Waals surface area (Å²) in [5.74, 6) is -0.263. The van der Waals surface area contributed by atoms with Crippen LogP contribution in [0.1, 0.15) is 18.9 Å². The van der Waals surface area contributed by atoms with Gasteiger partial charge in [-0.2, -0.15) is 0 Å². The van der Waals surface area contributed by atoms with Crippen molar-refractivity contribution in [2.75, 3.05) is 26.3 Å². The summed E-state index contributed by atoms with van der Waals surface area (Å²) in [7, 11) is 0. The summed E-state index contributed by atoms with van der Waals surface area (Å²) in [4.78, 5) is 11.5. The minimum atomic E-state index is -4.69. The van der Waals surface area contributed by atoms with Crippen molar-refractivity contribution in [2.45, 2.75) is 26.1 Å². The molecule has 0 saturated heterocycles. The van der Waals surface area contributed by atoms with E-state index in [2.05, 4.69) is 15.4 Å². The third kappa shape index (κ3) is 9.62. The summed E-state index contributed by atoms with van der Waals surface area (Å²) in [6.45, 7) is 4.07. The van der Waals surface area contributed by atoms with Gasteiger partial charge in [0, 0.05) is 26.3 Å². The Balaban J connectivity index is 2.19. The second-order valence-corrected chi connectivity index (χ2v) is 4.67. The third-order valence-electron chi connectivity index (χ3n) is 2.81. The van der Waals surface area contributed by atoms with Crippen LogP contribution in [0.15, 0.2) is 24.3 Å². The van der Waals surface area contributed by atoms with Crippen molar-refractivity contribution < 1.29 is 27.4 Å². The first-order chi connectivity index (χ1) is 10.9. The molecule has 130 valence electrons. The Labute approximate surface area is 133 Å². The van der Waals surface area contributed by atoms with Gasteiger partial charge in [0.2, 0.25) is 0 Å². The van der Waals surface area contributed by atoms with Crippen LogP contribution in [0.4, 0.5) is 18.0 Å². The summed E-state index contributed by atoms with van der Waals surface area (Å²) in [6, 6.07) is 5.28. The minimum Gasteiger partial charge on any atom is -0.406 e. The average molecular weight is 334 g/mol. The summed E-state index contributed by atoms with van der Waals surface area (Å²) in [5.41, 5.74) is 0.802. The molecule has 0 aliphatic rings. The second kappa shape index (κ2) is 9.94. The van der Waals surface area contributed by atoms with E-state index in [0.717, 1.165) is 12.0 Å². The molecule has 0 unspecified atom stereocenters. The fourth-order valence-electron chi connectivity index (χ4n) is 1.76. The maximum Gasteiger partial charge on any atom is 0.573 e. The predicted octanol–water partition coefficient (Wildman–Crippen LogP) is 2.85. The van der Waals surface area contributed by atoms with E-state index in [0.29, 0.717) is 32.7 Å². The fourth-order valence-corrected chi connectivity index (χ4v) is 1.76. The molecule has 1 aromatic carbocycles. The SMILES string of the molecule is CCOCCCNC(=O)NCCc1ccc(OC(F)(F)F)cc1. The molecular weight excluding hydrogens is 313 g/mol. The zero-order chi connectivity index (χ0) is 17.1. The summed E-state index contributed by atoms with van der Waals surface area (Å²) >= 11 is 0. The van der Waals surface area contributed by atoms with Gasteiger partial charge in [0.1, 0.15) is 5.75 Å². The Bertz CT molecular complexity index is 464. The lowest BCUT2D eigenvalue weighted by Gasteiger charge is -2.10. The largest absolute Gasteiger partial charge is 0.573 e. The van der Waals surface area contributed by atoms with Crippen molar-refractivity contribution in [1.82, 2.24) is 10.6 Å². The van der Waals surface area contributed by atoms with Crippen LogP contribution in [0.2, 0.25) is 0 Å². The van der Waals surface area contributed by atoms with Crippen molar-refractivity contribution in [2.24, 2.45) is 0 Å². The van der Waals surface area contributed by atoms with Gasteiger partial charge in [-0.3, -0.25) is 0 Å². The molecule has 23 heavy (non-hydrogen) atoms. The maximum atomic E-state index is 12.0. The molecule has 2 amide bonds. The molecule has 0 bridgehead atoms. The summed E-state index contributed by atoms with van der Waals surface area (Å²) in [6.07, 6.45) is -3.44. The number of alkyl halides is 3. The van der Waals surface area contributed by atoms with E-state index in [4.69, 9.17) is 4.74 Å². The number of ether oxygens (including phenoxy) is 2. The number of carbonyl (C=O) groups excluding carboxylic acids is 1. The molecule has 1 rings (SSSR count). The minimum absolute atomic E-state index is 0.263. The number of amides is 2.